The highest BCUT2D eigenvalue weighted by Gasteiger charge is 2.34. The third-order valence-corrected chi connectivity index (χ3v) is 6.09. The second-order valence-electron chi connectivity index (χ2n) is 8.70. The van der Waals surface area contributed by atoms with Gasteiger partial charge in [-0.1, -0.05) is 13.3 Å². The number of carbonyl (C=O) groups excluding carboxylic acids is 3. The lowest BCUT2D eigenvalue weighted by Gasteiger charge is -2.39. The van der Waals surface area contributed by atoms with Crippen molar-refractivity contribution < 1.29 is 28.6 Å². The number of esters is 1. The van der Waals surface area contributed by atoms with Gasteiger partial charge in [0, 0.05) is 31.7 Å². The fraction of sp³-hybridized carbons (Fsp3) is 0.500. The molecule has 0 saturated carbocycles. The fourth-order valence-electron chi connectivity index (χ4n) is 4.30. The molecule has 1 aromatic carbocycles. The summed E-state index contributed by atoms with van der Waals surface area (Å²) in [4.78, 5) is 51.4. The standard InChI is InChI=1S/C26H35N5O6/c1-7-9-20-22(25(33)37-8-2)23(28-17(4)27-20)24(32)30-12-13-31(16(3)15-30)26(34)29-19-11-10-18(35-5)14-21(19)36-6/h10-11,14,16H,7-9,12-13,15H2,1-6H3,(H,29,34). The van der Waals surface area contributed by atoms with Crippen LogP contribution in [0.2, 0.25) is 0 Å². The zero-order chi connectivity index (χ0) is 27.1. The number of ether oxygens (including phenoxy) is 3. The van der Waals surface area contributed by atoms with Gasteiger partial charge in [-0.3, -0.25) is 4.79 Å². The molecule has 1 aromatic heterocycles. The van der Waals surface area contributed by atoms with Gasteiger partial charge in [-0.2, -0.15) is 0 Å². The molecule has 0 aliphatic carbocycles. The quantitative estimate of drug-likeness (QED) is 0.534. The molecule has 1 saturated heterocycles. The molecule has 1 aliphatic heterocycles. The first-order valence-corrected chi connectivity index (χ1v) is 12.4. The lowest BCUT2D eigenvalue weighted by atomic mass is 10.1. The predicted octanol–water partition coefficient (Wildman–Crippen LogP) is 3.31. The predicted molar refractivity (Wildman–Crippen MR) is 137 cm³/mol. The number of carbonyl (C=O) groups is 3. The van der Waals surface area contributed by atoms with Gasteiger partial charge in [0.2, 0.25) is 0 Å². The summed E-state index contributed by atoms with van der Waals surface area (Å²) in [7, 11) is 3.07. The van der Waals surface area contributed by atoms with Crippen LogP contribution in [0.1, 0.15) is 59.6 Å². The lowest BCUT2D eigenvalue weighted by molar-refractivity contribution is 0.0502. The van der Waals surface area contributed by atoms with E-state index in [0.717, 1.165) is 6.42 Å². The maximum absolute atomic E-state index is 13.6. The van der Waals surface area contributed by atoms with E-state index in [2.05, 4.69) is 15.3 Å². The van der Waals surface area contributed by atoms with Crippen molar-refractivity contribution in [3.63, 3.8) is 0 Å². The van der Waals surface area contributed by atoms with Crippen molar-refractivity contribution in [2.45, 2.75) is 46.6 Å². The Balaban J connectivity index is 1.78. The summed E-state index contributed by atoms with van der Waals surface area (Å²) in [6.45, 7) is 8.29. The van der Waals surface area contributed by atoms with E-state index >= 15 is 0 Å². The minimum absolute atomic E-state index is 0.0440. The van der Waals surface area contributed by atoms with Gasteiger partial charge in [-0.15, -0.1) is 0 Å². The Bertz CT molecular complexity index is 1150. The third-order valence-electron chi connectivity index (χ3n) is 6.09. The van der Waals surface area contributed by atoms with E-state index in [1.165, 1.54) is 7.11 Å². The van der Waals surface area contributed by atoms with Gasteiger partial charge in [0.1, 0.15) is 28.6 Å². The first-order chi connectivity index (χ1) is 17.7. The molecule has 2 aromatic rings. The minimum Gasteiger partial charge on any atom is -0.497 e. The van der Waals surface area contributed by atoms with Crippen molar-refractivity contribution in [2.75, 3.05) is 45.8 Å². The van der Waals surface area contributed by atoms with Crippen molar-refractivity contribution in [3.8, 4) is 11.5 Å². The van der Waals surface area contributed by atoms with Gasteiger partial charge >= 0.3 is 12.0 Å². The molecule has 0 spiro atoms. The highest BCUT2D eigenvalue weighted by Crippen LogP contribution is 2.29. The van der Waals surface area contributed by atoms with Crippen molar-refractivity contribution in [3.05, 3.63) is 41.0 Å². The molecule has 2 heterocycles. The second-order valence-corrected chi connectivity index (χ2v) is 8.70. The Labute approximate surface area is 217 Å². The van der Waals surface area contributed by atoms with Crippen LogP contribution in [0.15, 0.2) is 18.2 Å². The number of nitrogens with one attached hydrogen (secondary N) is 1. The van der Waals surface area contributed by atoms with Gasteiger partial charge in [-0.25, -0.2) is 19.6 Å². The molecular formula is C26H35N5O6. The lowest BCUT2D eigenvalue weighted by Crippen LogP contribution is -2.56. The zero-order valence-corrected chi connectivity index (χ0v) is 22.3. The van der Waals surface area contributed by atoms with E-state index in [1.54, 1.807) is 49.0 Å². The van der Waals surface area contributed by atoms with Gasteiger partial charge < -0.3 is 29.3 Å². The largest absolute Gasteiger partial charge is 0.497 e. The average Bonchev–Trinajstić information content (AvgIpc) is 2.88. The molecule has 0 radical (unpaired) electrons. The summed E-state index contributed by atoms with van der Waals surface area (Å²) in [6.07, 6.45) is 1.28. The number of methoxy groups -OCH3 is 2. The SMILES string of the molecule is CCCc1nc(C)nc(C(=O)N2CCN(C(=O)Nc3ccc(OC)cc3OC)C(C)C2)c1C(=O)OCC. The number of benzene rings is 1. The van der Waals surface area contributed by atoms with E-state index in [0.29, 0.717) is 41.7 Å². The molecule has 3 rings (SSSR count). The monoisotopic (exact) mass is 513 g/mol. The molecule has 1 atom stereocenters. The summed E-state index contributed by atoms with van der Waals surface area (Å²) in [5.74, 6) is 0.519. The molecule has 11 heteroatoms. The zero-order valence-electron chi connectivity index (χ0n) is 22.3. The minimum atomic E-state index is -0.603. The van der Waals surface area contributed by atoms with E-state index in [-0.39, 0.29) is 48.9 Å². The van der Waals surface area contributed by atoms with Crippen LogP contribution < -0.4 is 14.8 Å². The van der Waals surface area contributed by atoms with Crippen LogP contribution in [0.4, 0.5) is 10.5 Å². The Morgan fingerprint density at radius 3 is 2.49 bits per heavy atom. The van der Waals surface area contributed by atoms with E-state index in [9.17, 15) is 14.4 Å². The maximum Gasteiger partial charge on any atom is 0.342 e. The normalized spacial score (nSPS) is 15.2. The van der Waals surface area contributed by atoms with E-state index in [1.807, 2.05) is 13.8 Å². The van der Waals surface area contributed by atoms with Crippen LogP contribution in [0, 0.1) is 6.92 Å². The summed E-state index contributed by atoms with van der Waals surface area (Å²) >= 11 is 0. The number of piperazine rings is 1. The summed E-state index contributed by atoms with van der Waals surface area (Å²) in [6, 6.07) is 4.54. The first kappa shape index (κ1) is 27.7. The number of anilines is 1. The number of hydrogen-bond acceptors (Lipinski definition) is 8. The van der Waals surface area contributed by atoms with E-state index in [4.69, 9.17) is 14.2 Å². The van der Waals surface area contributed by atoms with Crippen LogP contribution in [0.3, 0.4) is 0 Å². The molecule has 37 heavy (non-hydrogen) atoms. The number of aryl methyl sites for hydroxylation is 2. The molecule has 3 amide bonds. The Morgan fingerprint density at radius 2 is 1.86 bits per heavy atom. The molecule has 11 nitrogen and oxygen atoms in total. The molecule has 1 unspecified atom stereocenters. The molecule has 0 bridgehead atoms. The van der Waals surface area contributed by atoms with Crippen LogP contribution in [-0.4, -0.2) is 84.2 Å². The highest BCUT2D eigenvalue weighted by molar-refractivity contribution is 6.04. The van der Waals surface area contributed by atoms with Crippen LogP contribution >= 0.6 is 0 Å². The highest BCUT2D eigenvalue weighted by atomic mass is 16.5. The molecule has 200 valence electrons. The van der Waals surface area contributed by atoms with Crippen molar-refractivity contribution in [1.29, 1.82) is 0 Å². The summed E-state index contributed by atoms with van der Waals surface area (Å²) in [5.41, 5.74) is 1.19. The van der Waals surface area contributed by atoms with Crippen LogP contribution in [-0.2, 0) is 11.2 Å². The Morgan fingerprint density at radius 1 is 1.11 bits per heavy atom. The van der Waals surface area contributed by atoms with Gasteiger partial charge in [0.15, 0.2) is 0 Å². The number of hydrogen-bond donors (Lipinski definition) is 1. The van der Waals surface area contributed by atoms with Crippen molar-refractivity contribution in [2.24, 2.45) is 0 Å². The van der Waals surface area contributed by atoms with Crippen molar-refractivity contribution >= 4 is 23.6 Å². The third kappa shape index (κ3) is 6.28. The topological polar surface area (TPSA) is 123 Å². The molecule has 1 aliphatic rings. The maximum atomic E-state index is 13.6. The first-order valence-electron chi connectivity index (χ1n) is 12.4. The molecule has 1 N–H and O–H groups in total. The van der Waals surface area contributed by atoms with Crippen LogP contribution in [0.25, 0.3) is 0 Å². The Hall–Kier alpha value is -3.89. The van der Waals surface area contributed by atoms with Crippen LogP contribution in [0.5, 0.6) is 11.5 Å². The number of amides is 3. The Kier molecular flexibility index (Phi) is 9.26. The van der Waals surface area contributed by atoms with Gasteiger partial charge in [0.25, 0.3) is 5.91 Å². The molecular weight excluding hydrogens is 478 g/mol. The number of urea groups is 1. The smallest absolute Gasteiger partial charge is 0.342 e. The fourth-order valence-corrected chi connectivity index (χ4v) is 4.30. The number of nitrogens with zero attached hydrogens (tertiary/aromatic N) is 4. The van der Waals surface area contributed by atoms with Gasteiger partial charge in [-0.05, 0) is 39.3 Å². The van der Waals surface area contributed by atoms with Crippen molar-refractivity contribution in [1.82, 2.24) is 19.8 Å². The number of aromatic nitrogens is 2. The number of rotatable bonds is 8. The molecule has 1 fully saturated rings. The second kappa shape index (κ2) is 12.4. The summed E-state index contributed by atoms with van der Waals surface area (Å²) < 4.78 is 15.8. The van der Waals surface area contributed by atoms with E-state index < -0.39 is 5.97 Å². The van der Waals surface area contributed by atoms with Gasteiger partial charge in [0.05, 0.1) is 32.2 Å². The average molecular weight is 514 g/mol. The summed E-state index contributed by atoms with van der Waals surface area (Å²) in [5, 5.41) is 2.88.